The minimum atomic E-state index is -1.35. The van der Waals surface area contributed by atoms with Gasteiger partial charge >= 0.3 is 18.0 Å². The zero-order valence-electron chi connectivity index (χ0n) is 32.0. The van der Waals surface area contributed by atoms with Crippen LogP contribution in [0.2, 0.25) is 0 Å². The molecule has 0 spiro atoms. The summed E-state index contributed by atoms with van der Waals surface area (Å²) in [5.41, 5.74) is 3.24. The number of thiazole rings is 1. The summed E-state index contributed by atoms with van der Waals surface area (Å²) in [5, 5.41) is 19.2. The van der Waals surface area contributed by atoms with E-state index in [2.05, 4.69) is 35.3 Å². The molecule has 0 fully saturated rings. The molecule has 14 nitrogen and oxygen atoms in total. The van der Waals surface area contributed by atoms with Crippen LogP contribution in [0.4, 0.5) is 16.3 Å². The maximum absolute atomic E-state index is 13.3. The van der Waals surface area contributed by atoms with Crippen LogP contribution in [-0.4, -0.2) is 111 Å². The Labute approximate surface area is 329 Å². The Bertz CT molecular complexity index is 2100. The summed E-state index contributed by atoms with van der Waals surface area (Å²) in [6.45, 7) is 7.57. The molecular formula is C41H46N4O10S. The predicted molar refractivity (Wildman–Crippen MR) is 215 cm³/mol. The van der Waals surface area contributed by atoms with Gasteiger partial charge in [-0.1, -0.05) is 24.3 Å². The minimum Gasteiger partial charge on any atom is -0.491 e. The number of aromatic carboxylic acids is 2. The lowest BCUT2D eigenvalue weighted by molar-refractivity contribution is 0.00993. The Morgan fingerprint density at radius 1 is 0.714 bits per heavy atom. The van der Waals surface area contributed by atoms with Gasteiger partial charge in [-0.15, -0.1) is 11.3 Å². The van der Waals surface area contributed by atoms with Gasteiger partial charge in [-0.05, 0) is 74.9 Å². The SMILES string of the molecule is CN(C)c1ccc(-c2ccc(-c3nc4ccc(N(CCOCCOCCOCCOc5ccc(C(=O)O)c(C(=O)O)c5)C(=O)OC(C)(C)C)cc4s3)cc2)cn1. The van der Waals surface area contributed by atoms with E-state index in [0.29, 0.717) is 32.1 Å². The molecule has 5 aromatic rings. The summed E-state index contributed by atoms with van der Waals surface area (Å²) in [7, 11) is 3.92. The number of benzene rings is 3. The molecule has 1 amide bonds. The highest BCUT2D eigenvalue weighted by Gasteiger charge is 2.24. The number of carboxylic acids is 2. The fraction of sp³-hybridized carbons (Fsp3) is 0.341. The fourth-order valence-electron chi connectivity index (χ4n) is 5.37. The number of nitrogens with zero attached hydrogens (tertiary/aromatic N) is 4. The van der Waals surface area contributed by atoms with E-state index in [9.17, 15) is 19.5 Å². The standard InChI is InChI=1S/C41H46N4O10S/c1-41(2,3)55-40(50)45(16-17-51-18-19-52-20-21-53-22-23-54-31-12-13-32(38(46)47)33(25-31)39(48)49)30-11-14-34-35(24-30)56-37(43-34)28-8-6-27(7-9-28)29-10-15-36(42-26-29)44(4)5/h6-15,24-26H,16-23H2,1-5H3,(H,46,47)(H,48,49). The van der Waals surface area contributed by atoms with E-state index in [1.54, 1.807) is 16.2 Å². The second-order valence-electron chi connectivity index (χ2n) is 13.7. The van der Waals surface area contributed by atoms with Crippen molar-refractivity contribution in [2.75, 3.05) is 76.7 Å². The van der Waals surface area contributed by atoms with E-state index in [1.807, 2.05) is 70.2 Å². The molecule has 0 saturated heterocycles. The average molecular weight is 787 g/mol. The zero-order valence-corrected chi connectivity index (χ0v) is 32.8. The molecule has 5 rings (SSSR count). The van der Waals surface area contributed by atoms with Crippen molar-refractivity contribution in [2.45, 2.75) is 26.4 Å². The van der Waals surface area contributed by atoms with Gasteiger partial charge in [-0.25, -0.2) is 24.4 Å². The summed E-state index contributed by atoms with van der Waals surface area (Å²) in [6, 6.07) is 21.8. The number of fused-ring (bicyclic) bond motifs is 1. The van der Waals surface area contributed by atoms with Gasteiger partial charge in [-0.3, -0.25) is 4.90 Å². The van der Waals surface area contributed by atoms with Crippen molar-refractivity contribution >= 4 is 51.1 Å². The quantitative estimate of drug-likeness (QED) is 0.0797. The molecule has 0 radical (unpaired) electrons. The Morgan fingerprint density at radius 2 is 1.34 bits per heavy atom. The molecule has 56 heavy (non-hydrogen) atoms. The minimum absolute atomic E-state index is 0.138. The number of ether oxygens (including phenoxy) is 5. The molecule has 0 aliphatic heterocycles. The van der Waals surface area contributed by atoms with E-state index in [0.717, 1.165) is 37.7 Å². The number of hydrogen-bond acceptors (Lipinski definition) is 12. The summed E-state index contributed by atoms with van der Waals surface area (Å²) in [5.74, 6) is -1.55. The molecule has 0 saturated carbocycles. The number of carbonyl (C=O) groups is 3. The molecule has 296 valence electrons. The van der Waals surface area contributed by atoms with Crippen LogP contribution in [0.3, 0.4) is 0 Å². The Balaban J connectivity index is 1.07. The number of carbonyl (C=O) groups excluding carboxylic acids is 1. The highest BCUT2D eigenvalue weighted by atomic mass is 32.1. The summed E-state index contributed by atoms with van der Waals surface area (Å²) in [6.07, 6.45) is 1.39. The zero-order chi connectivity index (χ0) is 40.2. The molecule has 15 heteroatoms. The first-order valence-electron chi connectivity index (χ1n) is 17.9. The van der Waals surface area contributed by atoms with E-state index < -0.39 is 23.6 Å². The molecule has 2 N–H and O–H groups in total. The van der Waals surface area contributed by atoms with Gasteiger partial charge in [0, 0.05) is 37.1 Å². The third-order valence-electron chi connectivity index (χ3n) is 8.12. The molecule has 2 heterocycles. The van der Waals surface area contributed by atoms with E-state index in [-0.39, 0.29) is 43.2 Å². The van der Waals surface area contributed by atoms with Crippen LogP contribution in [0.1, 0.15) is 41.5 Å². The van der Waals surface area contributed by atoms with Crippen molar-refractivity contribution in [2.24, 2.45) is 0 Å². The van der Waals surface area contributed by atoms with E-state index in [1.165, 1.54) is 18.2 Å². The number of pyridine rings is 1. The Kier molecular flexibility index (Phi) is 14.3. The van der Waals surface area contributed by atoms with Crippen LogP contribution in [0, 0.1) is 0 Å². The Hall–Kier alpha value is -5.61. The molecule has 3 aromatic carbocycles. The second kappa shape index (κ2) is 19.3. The third-order valence-corrected chi connectivity index (χ3v) is 9.19. The molecule has 0 atom stereocenters. The number of anilines is 2. The van der Waals surface area contributed by atoms with Crippen molar-refractivity contribution < 1.29 is 48.3 Å². The van der Waals surface area contributed by atoms with Gasteiger partial charge in [0.15, 0.2) is 0 Å². The normalized spacial score (nSPS) is 11.4. The first kappa shape index (κ1) is 41.6. The number of carboxylic acid groups (broad SMARTS) is 2. The highest BCUT2D eigenvalue weighted by molar-refractivity contribution is 7.21. The number of amides is 1. The topological polar surface area (TPSA) is 170 Å². The van der Waals surface area contributed by atoms with E-state index in [4.69, 9.17) is 33.8 Å². The largest absolute Gasteiger partial charge is 0.491 e. The van der Waals surface area contributed by atoms with Gasteiger partial charge in [0.25, 0.3) is 0 Å². The summed E-state index contributed by atoms with van der Waals surface area (Å²) in [4.78, 5) is 48.8. The van der Waals surface area contributed by atoms with Crippen LogP contribution >= 0.6 is 11.3 Å². The van der Waals surface area contributed by atoms with Crippen LogP contribution < -0.4 is 14.5 Å². The van der Waals surface area contributed by atoms with Crippen molar-refractivity contribution in [3.05, 3.63) is 90.1 Å². The first-order valence-corrected chi connectivity index (χ1v) is 18.7. The number of aromatic nitrogens is 2. The summed E-state index contributed by atoms with van der Waals surface area (Å²) >= 11 is 1.55. The molecule has 0 aliphatic rings. The third kappa shape index (κ3) is 11.7. The van der Waals surface area contributed by atoms with Crippen molar-refractivity contribution in [3.8, 4) is 27.4 Å². The molecular weight excluding hydrogens is 741 g/mol. The van der Waals surface area contributed by atoms with Crippen LogP contribution in [-0.2, 0) is 18.9 Å². The van der Waals surface area contributed by atoms with Crippen molar-refractivity contribution in [1.82, 2.24) is 9.97 Å². The van der Waals surface area contributed by atoms with Crippen LogP contribution in [0.15, 0.2) is 79.0 Å². The van der Waals surface area contributed by atoms with Crippen molar-refractivity contribution in [1.29, 1.82) is 0 Å². The van der Waals surface area contributed by atoms with Gasteiger partial charge in [0.05, 0.1) is 67.5 Å². The second-order valence-corrected chi connectivity index (χ2v) is 14.7. The maximum atomic E-state index is 13.3. The Morgan fingerprint density at radius 3 is 1.95 bits per heavy atom. The van der Waals surface area contributed by atoms with Crippen LogP contribution in [0.5, 0.6) is 5.75 Å². The van der Waals surface area contributed by atoms with Gasteiger partial charge in [0.2, 0.25) is 0 Å². The fourth-order valence-corrected chi connectivity index (χ4v) is 6.37. The van der Waals surface area contributed by atoms with Gasteiger partial charge in [0.1, 0.15) is 28.8 Å². The average Bonchev–Trinajstić information content (AvgIpc) is 3.59. The van der Waals surface area contributed by atoms with Gasteiger partial charge < -0.3 is 38.8 Å². The predicted octanol–water partition coefficient (Wildman–Crippen LogP) is 7.36. The lowest BCUT2D eigenvalue weighted by atomic mass is 10.1. The maximum Gasteiger partial charge on any atom is 0.414 e. The molecule has 0 bridgehead atoms. The monoisotopic (exact) mass is 786 g/mol. The molecule has 0 unspecified atom stereocenters. The van der Waals surface area contributed by atoms with Crippen LogP contribution in [0.25, 0.3) is 31.9 Å². The van der Waals surface area contributed by atoms with E-state index >= 15 is 0 Å². The molecule has 0 aliphatic carbocycles. The van der Waals surface area contributed by atoms with Crippen molar-refractivity contribution in [3.63, 3.8) is 0 Å². The molecule has 2 aromatic heterocycles. The number of rotatable bonds is 19. The summed E-state index contributed by atoms with van der Waals surface area (Å²) < 4.78 is 29.0. The lowest BCUT2D eigenvalue weighted by Crippen LogP contribution is -2.39. The lowest BCUT2D eigenvalue weighted by Gasteiger charge is -2.27. The van der Waals surface area contributed by atoms with Gasteiger partial charge in [-0.2, -0.15) is 0 Å². The smallest absolute Gasteiger partial charge is 0.414 e. The highest BCUT2D eigenvalue weighted by Crippen LogP contribution is 2.34. The first-order chi connectivity index (χ1) is 26.8. The number of hydrogen-bond donors (Lipinski definition) is 2.